The molecule has 0 aromatic heterocycles. The number of hydrogen-bond acceptors (Lipinski definition) is 4. The molecule has 0 radical (unpaired) electrons. The molecular weight excluding hydrogens is 605 g/mol. The summed E-state index contributed by atoms with van der Waals surface area (Å²) in [6.45, 7) is 3.59. The highest BCUT2D eigenvalue weighted by Gasteiger charge is 2.38. The number of unbranched alkanes of at least 4 members (excludes halogenated alkanes) is 2. The van der Waals surface area contributed by atoms with Crippen LogP contribution in [-0.4, -0.2) is 19.5 Å². The Kier molecular flexibility index (Phi) is 12.8. The first-order chi connectivity index (χ1) is 21.6. The van der Waals surface area contributed by atoms with E-state index in [1.54, 1.807) is 12.2 Å². The molecule has 2 aromatic carbocycles. The Morgan fingerprint density at radius 2 is 1.58 bits per heavy atom. The Bertz CT molecular complexity index is 1270. The lowest BCUT2D eigenvalue weighted by molar-refractivity contribution is -0.211. The molecule has 0 unspecified atom stereocenters. The van der Waals surface area contributed by atoms with Crippen LogP contribution in [0.25, 0.3) is 6.08 Å². The third-order valence-electron chi connectivity index (χ3n) is 8.44. The molecular formula is C34H39F7O4. The lowest BCUT2D eigenvalue weighted by Gasteiger charge is -2.37. The van der Waals surface area contributed by atoms with Gasteiger partial charge < -0.3 is 18.9 Å². The van der Waals surface area contributed by atoms with E-state index in [1.165, 1.54) is 57.4 Å². The lowest BCUT2D eigenvalue weighted by atomic mass is 9.74. The van der Waals surface area contributed by atoms with Gasteiger partial charge in [0.2, 0.25) is 0 Å². The van der Waals surface area contributed by atoms with Gasteiger partial charge in [0.1, 0.15) is 11.6 Å². The van der Waals surface area contributed by atoms with Gasteiger partial charge in [0.15, 0.2) is 29.9 Å². The van der Waals surface area contributed by atoms with Gasteiger partial charge in [-0.15, -0.1) is 0 Å². The van der Waals surface area contributed by atoms with Crippen molar-refractivity contribution in [2.45, 2.75) is 83.5 Å². The Balaban J connectivity index is 1.22. The second kappa shape index (κ2) is 16.5. The zero-order chi connectivity index (χ0) is 32.4. The fraction of sp³-hybridized carbons (Fsp3) is 0.529. The Morgan fingerprint density at radius 1 is 0.889 bits per heavy atom. The quantitative estimate of drug-likeness (QED) is 0.117. The molecule has 0 spiro atoms. The Morgan fingerprint density at radius 3 is 2.20 bits per heavy atom. The van der Waals surface area contributed by atoms with Crippen LogP contribution in [0.5, 0.6) is 11.5 Å². The van der Waals surface area contributed by atoms with Crippen LogP contribution >= 0.6 is 0 Å². The number of alkyl halides is 2. The molecule has 2 aliphatic rings. The average molecular weight is 645 g/mol. The maximum Gasteiger partial charge on any atom is 0.429 e. The number of rotatable bonds is 14. The predicted molar refractivity (Wildman–Crippen MR) is 155 cm³/mol. The molecule has 1 heterocycles. The highest BCUT2D eigenvalue weighted by molar-refractivity contribution is 5.50. The Labute approximate surface area is 259 Å². The van der Waals surface area contributed by atoms with Gasteiger partial charge in [0.05, 0.1) is 18.8 Å². The number of ether oxygens (including phenoxy) is 4. The summed E-state index contributed by atoms with van der Waals surface area (Å²) in [5.74, 6) is -4.76. The van der Waals surface area contributed by atoms with Crippen molar-refractivity contribution in [2.75, 3.05) is 13.2 Å². The molecule has 11 heteroatoms. The third kappa shape index (κ3) is 10.2. The van der Waals surface area contributed by atoms with E-state index in [9.17, 15) is 30.7 Å². The summed E-state index contributed by atoms with van der Waals surface area (Å²) in [5.41, 5.74) is -0.846. The van der Waals surface area contributed by atoms with Crippen molar-refractivity contribution in [2.24, 2.45) is 17.8 Å². The second-order valence-electron chi connectivity index (χ2n) is 11.7. The van der Waals surface area contributed by atoms with Gasteiger partial charge in [-0.3, -0.25) is 0 Å². The van der Waals surface area contributed by atoms with E-state index in [-0.39, 0.29) is 12.6 Å². The van der Waals surface area contributed by atoms with Crippen molar-refractivity contribution in [3.63, 3.8) is 0 Å². The summed E-state index contributed by atoms with van der Waals surface area (Å²) >= 11 is 0. The Hall–Kier alpha value is -3.05. The van der Waals surface area contributed by atoms with Gasteiger partial charge in [0, 0.05) is 24.5 Å². The van der Waals surface area contributed by atoms with E-state index in [4.69, 9.17) is 9.47 Å². The smallest absolute Gasteiger partial charge is 0.429 e. The van der Waals surface area contributed by atoms with Crippen LogP contribution in [0.1, 0.15) is 82.3 Å². The van der Waals surface area contributed by atoms with E-state index in [0.717, 1.165) is 18.1 Å². The third-order valence-corrected chi connectivity index (χ3v) is 8.44. The fourth-order valence-corrected chi connectivity index (χ4v) is 5.97. The highest BCUT2D eigenvalue weighted by Crippen LogP contribution is 2.38. The molecule has 45 heavy (non-hydrogen) atoms. The minimum Gasteiger partial charge on any atom is -0.453 e. The van der Waals surface area contributed by atoms with Crippen molar-refractivity contribution in [1.29, 1.82) is 0 Å². The topological polar surface area (TPSA) is 36.9 Å². The zero-order valence-electron chi connectivity index (χ0n) is 25.2. The first-order valence-electron chi connectivity index (χ1n) is 15.5. The monoisotopic (exact) mass is 644 g/mol. The molecule has 0 amide bonds. The number of benzene rings is 2. The molecule has 1 saturated heterocycles. The molecule has 248 valence electrons. The average Bonchev–Trinajstić information content (AvgIpc) is 2.99. The van der Waals surface area contributed by atoms with Gasteiger partial charge in [-0.2, -0.15) is 17.6 Å². The van der Waals surface area contributed by atoms with Gasteiger partial charge >= 0.3 is 12.2 Å². The number of halogens is 7. The van der Waals surface area contributed by atoms with Crippen molar-refractivity contribution >= 4 is 6.08 Å². The van der Waals surface area contributed by atoms with E-state index in [1.807, 2.05) is 0 Å². The SMILES string of the molecule is CCCCCC1CCC(C2COC(CC/C=C/c3ccc(C(F)(F)Oc4cc(F)c(OC=C(F)F)c(F)c4)c(F)c3)OC2)CC1. The molecule has 4 nitrogen and oxygen atoms in total. The normalized spacial score (nSPS) is 22.4. The minimum atomic E-state index is -4.31. The lowest BCUT2D eigenvalue weighted by Crippen LogP contribution is -2.37. The summed E-state index contributed by atoms with van der Waals surface area (Å²) in [4.78, 5) is 0. The molecule has 0 bridgehead atoms. The number of hydrogen-bond donors (Lipinski definition) is 0. The van der Waals surface area contributed by atoms with Gasteiger partial charge in [-0.1, -0.05) is 63.7 Å². The standard InChI is InChI=1S/C34H39F7O4/c1-2-3-4-7-22-10-13-24(14-11-22)25-19-42-32(43-20-25)9-6-5-8-23-12-15-27(28(35)16-23)34(40,41)45-26-17-29(36)33(30(37)18-26)44-21-31(38)39/h5,8,12,15-18,21-22,24-25,32H,2-4,6-7,9-11,13-14,19-20H2,1H3/b8-5+. The largest absolute Gasteiger partial charge is 0.453 e. The van der Waals surface area contributed by atoms with Gasteiger partial charge in [-0.05, 0) is 48.8 Å². The first kappa shape index (κ1) is 34.8. The van der Waals surface area contributed by atoms with Crippen LogP contribution in [0.3, 0.4) is 0 Å². The summed E-state index contributed by atoms with van der Waals surface area (Å²) < 4.78 is 117. The van der Waals surface area contributed by atoms with Gasteiger partial charge in [-0.25, -0.2) is 13.2 Å². The van der Waals surface area contributed by atoms with E-state index >= 15 is 0 Å². The predicted octanol–water partition coefficient (Wildman–Crippen LogP) is 10.5. The molecule has 1 aliphatic carbocycles. The maximum atomic E-state index is 14.7. The van der Waals surface area contributed by atoms with Crippen molar-refractivity contribution in [3.8, 4) is 11.5 Å². The zero-order valence-corrected chi connectivity index (χ0v) is 25.2. The van der Waals surface area contributed by atoms with E-state index < -0.39 is 46.7 Å². The fourth-order valence-electron chi connectivity index (χ4n) is 5.97. The molecule has 0 N–H and O–H groups in total. The van der Waals surface area contributed by atoms with Crippen molar-refractivity contribution in [1.82, 2.24) is 0 Å². The molecule has 2 aromatic rings. The summed E-state index contributed by atoms with van der Waals surface area (Å²) in [6, 6.07) is 3.56. The van der Waals surface area contributed by atoms with E-state index in [2.05, 4.69) is 16.4 Å². The molecule has 1 aliphatic heterocycles. The summed E-state index contributed by atoms with van der Waals surface area (Å²) in [5, 5.41) is 0. The van der Waals surface area contributed by atoms with Crippen LogP contribution in [0.15, 0.2) is 48.8 Å². The summed E-state index contributed by atoms with van der Waals surface area (Å²) in [6.07, 6.45) is 7.58. The summed E-state index contributed by atoms with van der Waals surface area (Å²) in [7, 11) is 0. The first-order valence-corrected chi connectivity index (χ1v) is 15.5. The molecule has 0 atom stereocenters. The molecule has 1 saturated carbocycles. The maximum absolute atomic E-state index is 14.7. The molecule has 2 fully saturated rings. The highest BCUT2D eigenvalue weighted by atomic mass is 19.3. The van der Waals surface area contributed by atoms with Crippen LogP contribution in [0.4, 0.5) is 30.7 Å². The molecule has 4 rings (SSSR count). The van der Waals surface area contributed by atoms with E-state index in [0.29, 0.717) is 55.6 Å². The van der Waals surface area contributed by atoms with Crippen LogP contribution in [0.2, 0.25) is 0 Å². The minimum absolute atomic E-state index is 0.213. The van der Waals surface area contributed by atoms with Crippen LogP contribution < -0.4 is 9.47 Å². The van der Waals surface area contributed by atoms with Crippen molar-refractivity contribution in [3.05, 3.63) is 77.3 Å². The van der Waals surface area contributed by atoms with Crippen molar-refractivity contribution < 1.29 is 49.7 Å². The second-order valence-corrected chi connectivity index (χ2v) is 11.7. The van der Waals surface area contributed by atoms with Crippen LogP contribution in [-0.2, 0) is 15.6 Å². The number of allylic oxidation sites excluding steroid dienone is 1. The van der Waals surface area contributed by atoms with Gasteiger partial charge in [0.25, 0.3) is 0 Å². The van der Waals surface area contributed by atoms with Crippen LogP contribution in [0, 0.1) is 35.2 Å².